The van der Waals surface area contributed by atoms with Crippen molar-refractivity contribution >= 4 is 11.9 Å². The highest BCUT2D eigenvalue weighted by molar-refractivity contribution is 5.75. The summed E-state index contributed by atoms with van der Waals surface area (Å²) in [5.74, 6) is 1.62. The zero-order valence-corrected chi connectivity index (χ0v) is 24.1. The third-order valence-corrected chi connectivity index (χ3v) is 5.50. The van der Waals surface area contributed by atoms with Crippen molar-refractivity contribution in [1.82, 2.24) is 0 Å². The maximum Gasteiger partial charge on any atom is 0.361 e. The van der Waals surface area contributed by atoms with Crippen LogP contribution in [-0.4, -0.2) is 38.4 Å². The van der Waals surface area contributed by atoms with Crippen LogP contribution < -0.4 is 28.1 Å². The zero-order chi connectivity index (χ0) is 31.2. The number of ether oxygens (including phenoxy) is 4. The van der Waals surface area contributed by atoms with Crippen molar-refractivity contribution in [2.24, 2.45) is 0 Å². The van der Waals surface area contributed by atoms with Gasteiger partial charge in [0.05, 0.1) is 36.5 Å². The third kappa shape index (κ3) is 11.7. The fraction of sp³-hybridized carbons (Fsp3) is 0.194. The number of carbonyl (C=O) groups is 2. The second kappa shape index (κ2) is 16.2. The van der Waals surface area contributed by atoms with Crippen LogP contribution in [0.2, 0.25) is 0 Å². The SMILES string of the molecule is CCOC(=O)COc1ccc(-c2cc(-c3ccccc3)cc(-c3ccc(OCC(=O)OCC)cc3)[o+]2)cc1.[O-][Cl+3]([O-])([O-])[O-]. The first-order valence-corrected chi connectivity index (χ1v) is 14.2. The molecule has 0 unspecified atom stereocenters. The fourth-order valence-electron chi connectivity index (χ4n) is 3.70. The second-order valence-electron chi connectivity index (χ2n) is 8.55. The van der Waals surface area contributed by atoms with Gasteiger partial charge in [-0.2, -0.15) is 0 Å². The topological polar surface area (TPSA) is 175 Å². The van der Waals surface area contributed by atoms with Gasteiger partial charge in [-0.3, -0.25) is 0 Å². The molecule has 4 rings (SSSR count). The molecule has 0 spiro atoms. The Hall–Kier alpha value is -4.52. The Morgan fingerprint density at radius 1 is 0.605 bits per heavy atom. The van der Waals surface area contributed by atoms with Gasteiger partial charge in [0.15, 0.2) is 13.2 Å². The molecule has 0 radical (unpaired) electrons. The van der Waals surface area contributed by atoms with Crippen LogP contribution in [0.5, 0.6) is 11.5 Å². The predicted molar refractivity (Wildman–Crippen MR) is 144 cm³/mol. The Morgan fingerprint density at radius 3 is 1.37 bits per heavy atom. The van der Waals surface area contributed by atoms with Gasteiger partial charge in [-0.05, 0) is 67.9 Å². The summed E-state index contributed by atoms with van der Waals surface area (Å²) in [4.78, 5) is 23.1. The highest BCUT2D eigenvalue weighted by atomic mass is 35.7. The molecule has 0 atom stereocenters. The number of hydrogen-bond acceptors (Lipinski definition) is 10. The quantitative estimate of drug-likeness (QED) is 0.178. The molecule has 0 bridgehead atoms. The molecule has 12 heteroatoms. The molecule has 11 nitrogen and oxygen atoms in total. The number of rotatable bonds is 11. The molecule has 1 aromatic heterocycles. The van der Waals surface area contributed by atoms with Crippen molar-refractivity contribution in [2.75, 3.05) is 26.4 Å². The van der Waals surface area contributed by atoms with Crippen LogP contribution >= 0.6 is 0 Å². The van der Waals surface area contributed by atoms with Crippen LogP contribution in [0.4, 0.5) is 0 Å². The average Bonchev–Trinajstić information content (AvgIpc) is 2.99. The van der Waals surface area contributed by atoms with E-state index >= 15 is 0 Å². The molecule has 4 aromatic rings. The second-order valence-corrected chi connectivity index (χ2v) is 9.31. The van der Waals surface area contributed by atoms with E-state index in [-0.39, 0.29) is 13.2 Å². The lowest BCUT2D eigenvalue weighted by molar-refractivity contribution is -2.00. The Kier molecular flexibility index (Phi) is 12.4. The van der Waals surface area contributed by atoms with E-state index in [1.54, 1.807) is 38.1 Å². The van der Waals surface area contributed by atoms with Gasteiger partial charge in [-0.15, -0.1) is 10.2 Å². The van der Waals surface area contributed by atoms with E-state index < -0.39 is 22.2 Å². The minimum atomic E-state index is -4.94. The zero-order valence-electron chi connectivity index (χ0n) is 23.4. The van der Waals surface area contributed by atoms with E-state index in [1.165, 1.54) is 0 Å². The maximum absolute atomic E-state index is 11.6. The molecule has 0 N–H and O–H groups in total. The summed E-state index contributed by atoms with van der Waals surface area (Å²) in [7, 11) is -4.94. The number of hydrogen-bond donors (Lipinski definition) is 0. The number of esters is 2. The fourth-order valence-corrected chi connectivity index (χ4v) is 3.70. The van der Waals surface area contributed by atoms with E-state index in [0.717, 1.165) is 22.3 Å². The van der Waals surface area contributed by atoms with E-state index in [1.807, 2.05) is 66.7 Å². The minimum Gasteiger partial charge on any atom is -0.482 e. The first-order valence-electron chi connectivity index (χ1n) is 13.0. The van der Waals surface area contributed by atoms with Crippen LogP contribution in [0.3, 0.4) is 0 Å². The standard InChI is InChI=1S/C31H29O7.ClHO4/c1-3-34-30(32)20-36-26-14-10-23(11-15-26)28-18-25(22-8-6-5-7-9-22)19-29(38-28)24-12-16-27(17-13-24)37-21-31(33)35-4-2;2-1(3,4)5/h5-19H,3-4,20-21H2,1-2H3;(H,2,3,4,5)/q+1;/p-1. The molecule has 0 saturated carbocycles. The molecule has 0 saturated heterocycles. The predicted octanol–water partition coefficient (Wildman–Crippen LogP) is 1.69. The van der Waals surface area contributed by atoms with E-state index in [0.29, 0.717) is 36.2 Å². The average molecular weight is 613 g/mol. The van der Waals surface area contributed by atoms with Crippen molar-refractivity contribution in [3.8, 4) is 45.3 Å². The third-order valence-electron chi connectivity index (χ3n) is 5.50. The summed E-state index contributed by atoms with van der Waals surface area (Å²) in [6, 6.07) is 28.7. The van der Waals surface area contributed by atoms with Crippen LogP contribution in [0.1, 0.15) is 13.8 Å². The number of halogens is 1. The number of carbonyl (C=O) groups excluding carboxylic acids is 2. The largest absolute Gasteiger partial charge is 0.482 e. The normalized spacial score (nSPS) is 10.7. The Morgan fingerprint density at radius 2 is 1.00 bits per heavy atom. The van der Waals surface area contributed by atoms with Crippen molar-refractivity contribution < 1.29 is 61.8 Å². The van der Waals surface area contributed by atoms with Crippen molar-refractivity contribution in [3.63, 3.8) is 0 Å². The van der Waals surface area contributed by atoms with E-state index in [2.05, 4.69) is 0 Å². The van der Waals surface area contributed by atoms with Gasteiger partial charge in [0.25, 0.3) is 0 Å². The lowest BCUT2D eigenvalue weighted by Gasteiger charge is -2.17. The summed E-state index contributed by atoms with van der Waals surface area (Å²) in [5.41, 5.74) is 3.74. The lowest BCUT2D eigenvalue weighted by atomic mass is 10.0. The Bertz CT molecular complexity index is 1360. The van der Waals surface area contributed by atoms with Gasteiger partial charge >= 0.3 is 23.5 Å². The molecule has 0 aliphatic heterocycles. The molecule has 43 heavy (non-hydrogen) atoms. The van der Waals surface area contributed by atoms with Crippen LogP contribution in [-0.2, 0) is 19.1 Å². The van der Waals surface area contributed by atoms with Gasteiger partial charge in [0.2, 0.25) is 0 Å². The van der Waals surface area contributed by atoms with E-state index in [9.17, 15) is 9.59 Å². The molecule has 0 amide bonds. The summed E-state index contributed by atoms with van der Waals surface area (Å²) >= 11 is 0. The van der Waals surface area contributed by atoms with Crippen molar-refractivity contribution in [3.05, 3.63) is 91.0 Å². The van der Waals surface area contributed by atoms with Crippen LogP contribution in [0, 0.1) is 10.2 Å². The minimum absolute atomic E-state index is 0.148. The molecule has 0 fully saturated rings. The molecule has 0 aliphatic carbocycles. The van der Waals surface area contributed by atoms with Crippen molar-refractivity contribution in [2.45, 2.75) is 13.8 Å². The highest BCUT2D eigenvalue weighted by Crippen LogP contribution is 2.34. The van der Waals surface area contributed by atoms with Gasteiger partial charge in [0, 0.05) is 5.56 Å². The highest BCUT2D eigenvalue weighted by Gasteiger charge is 2.21. The Balaban J connectivity index is 0.000000934. The maximum atomic E-state index is 11.6. The van der Waals surface area contributed by atoms with Gasteiger partial charge in [0.1, 0.15) is 11.5 Å². The summed E-state index contributed by atoms with van der Waals surface area (Å²) < 4.78 is 61.1. The molecule has 3 aromatic carbocycles. The van der Waals surface area contributed by atoms with Crippen LogP contribution in [0.15, 0.2) is 95.4 Å². The monoisotopic (exact) mass is 612 g/mol. The van der Waals surface area contributed by atoms with Gasteiger partial charge in [-0.1, -0.05) is 30.3 Å². The smallest absolute Gasteiger partial charge is 0.361 e. The van der Waals surface area contributed by atoms with Crippen molar-refractivity contribution in [1.29, 1.82) is 0 Å². The number of benzene rings is 3. The molecule has 226 valence electrons. The molecular formula is C31H29ClO11. The summed E-state index contributed by atoms with van der Waals surface area (Å²) in [6.45, 7) is 3.83. The molecule has 0 aliphatic rings. The summed E-state index contributed by atoms with van der Waals surface area (Å²) in [6.07, 6.45) is 0. The van der Waals surface area contributed by atoms with E-state index in [4.69, 9.17) is 42.0 Å². The first kappa shape index (κ1) is 33.0. The lowest BCUT2D eigenvalue weighted by Crippen LogP contribution is -2.68. The first-order chi connectivity index (χ1) is 20.6. The Labute approximate surface area is 250 Å². The van der Waals surface area contributed by atoms with Crippen LogP contribution in [0.25, 0.3) is 33.8 Å². The molecular weight excluding hydrogens is 584 g/mol. The summed E-state index contributed by atoms with van der Waals surface area (Å²) in [5, 5.41) is 0. The molecule has 1 heterocycles. The van der Waals surface area contributed by atoms with Gasteiger partial charge < -0.3 is 18.9 Å². The van der Waals surface area contributed by atoms with Gasteiger partial charge in [-0.25, -0.2) is 32.6 Å².